The molecule has 0 radical (unpaired) electrons. The Morgan fingerprint density at radius 1 is 1.32 bits per heavy atom. The van der Waals surface area contributed by atoms with Crippen LogP contribution >= 0.6 is 0 Å². The minimum atomic E-state index is -0.421. The monoisotopic (exact) mass is 259 g/mol. The summed E-state index contributed by atoms with van der Waals surface area (Å²) in [7, 11) is 0. The number of rotatable bonds is 3. The van der Waals surface area contributed by atoms with Crippen molar-refractivity contribution in [2.24, 2.45) is 0 Å². The molecule has 1 atom stereocenters. The first-order valence-corrected chi connectivity index (χ1v) is 6.14. The van der Waals surface area contributed by atoms with Gasteiger partial charge in [-0.1, -0.05) is 0 Å². The van der Waals surface area contributed by atoms with E-state index in [1.807, 2.05) is 0 Å². The smallest absolute Gasteiger partial charge is 0.269 e. The Hall–Kier alpha value is -2.28. The van der Waals surface area contributed by atoms with Crippen molar-refractivity contribution >= 4 is 5.69 Å². The predicted molar refractivity (Wildman–Crippen MR) is 68.5 cm³/mol. The van der Waals surface area contributed by atoms with E-state index < -0.39 is 4.92 Å². The fourth-order valence-corrected chi connectivity index (χ4v) is 2.21. The van der Waals surface area contributed by atoms with Crippen LogP contribution in [0.1, 0.15) is 24.7 Å². The highest BCUT2D eigenvalue weighted by atomic mass is 16.6. The van der Waals surface area contributed by atoms with Crippen LogP contribution in [0, 0.1) is 10.1 Å². The zero-order valence-electron chi connectivity index (χ0n) is 10.2. The zero-order valence-corrected chi connectivity index (χ0v) is 10.2. The van der Waals surface area contributed by atoms with E-state index in [1.165, 1.54) is 12.1 Å². The van der Waals surface area contributed by atoms with Gasteiger partial charge >= 0.3 is 0 Å². The molecule has 0 saturated carbocycles. The maximum atomic E-state index is 10.6. The van der Waals surface area contributed by atoms with Crippen LogP contribution in [0.25, 0.3) is 11.4 Å². The summed E-state index contributed by atoms with van der Waals surface area (Å²) in [5, 5.41) is 21.0. The van der Waals surface area contributed by atoms with Crippen LogP contribution in [-0.4, -0.2) is 26.6 Å². The molecule has 2 N–H and O–H groups in total. The molecule has 2 aromatic rings. The third-order valence-electron chi connectivity index (χ3n) is 3.23. The second-order valence-electron chi connectivity index (χ2n) is 4.50. The fraction of sp³-hybridized carbons (Fsp3) is 0.333. The van der Waals surface area contributed by atoms with Crippen molar-refractivity contribution in [3.8, 4) is 11.4 Å². The Balaban J connectivity index is 1.83. The second kappa shape index (κ2) is 4.77. The van der Waals surface area contributed by atoms with Crippen LogP contribution in [0.3, 0.4) is 0 Å². The Labute approximate surface area is 109 Å². The molecular formula is C12H13N5O2. The van der Waals surface area contributed by atoms with Crippen molar-refractivity contribution in [1.82, 2.24) is 20.5 Å². The van der Waals surface area contributed by atoms with E-state index in [-0.39, 0.29) is 11.7 Å². The number of aromatic nitrogens is 3. The zero-order chi connectivity index (χ0) is 13.2. The average Bonchev–Trinajstić information content (AvgIpc) is 3.10. The van der Waals surface area contributed by atoms with Crippen LogP contribution in [-0.2, 0) is 0 Å². The molecule has 0 aliphatic carbocycles. The highest BCUT2D eigenvalue weighted by Crippen LogP contribution is 2.23. The van der Waals surface area contributed by atoms with E-state index in [1.54, 1.807) is 12.1 Å². The van der Waals surface area contributed by atoms with Gasteiger partial charge in [0, 0.05) is 17.7 Å². The van der Waals surface area contributed by atoms with E-state index in [2.05, 4.69) is 20.5 Å². The van der Waals surface area contributed by atoms with Gasteiger partial charge in [0.1, 0.15) is 5.82 Å². The van der Waals surface area contributed by atoms with Gasteiger partial charge in [-0.05, 0) is 31.5 Å². The van der Waals surface area contributed by atoms with Crippen LogP contribution in [0.5, 0.6) is 0 Å². The van der Waals surface area contributed by atoms with E-state index >= 15 is 0 Å². The number of aromatic amines is 1. The number of hydrogen-bond donors (Lipinski definition) is 2. The highest BCUT2D eigenvalue weighted by molar-refractivity contribution is 5.56. The fourth-order valence-electron chi connectivity index (χ4n) is 2.21. The summed E-state index contributed by atoms with van der Waals surface area (Å²) in [6, 6.07) is 6.47. The number of H-pyrrole nitrogens is 1. The van der Waals surface area contributed by atoms with Crippen molar-refractivity contribution in [2.45, 2.75) is 18.9 Å². The first-order valence-electron chi connectivity index (χ1n) is 6.14. The number of nitro benzene ring substituents is 1. The lowest BCUT2D eigenvalue weighted by Crippen LogP contribution is -2.14. The third kappa shape index (κ3) is 2.32. The Kier molecular flexibility index (Phi) is 2.96. The molecule has 3 rings (SSSR count). The summed E-state index contributed by atoms with van der Waals surface area (Å²) in [4.78, 5) is 14.6. The summed E-state index contributed by atoms with van der Waals surface area (Å²) >= 11 is 0. The lowest BCUT2D eigenvalue weighted by atomic mass is 10.2. The van der Waals surface area contributed by atoms with Crippen molar-refractivity contribution < 1.29 is 4.92 Å². The van der Waals surface area contributed by atoms with E-state index in [4.69, 9.17) is 0 Å². The van der Waals surface area contributed by atoms with Gasteiger partial charge < -0.3 is 5.32 Å². The standard InChI is InChI=1S/C12H13N5O2/c18-17(19)9-5-3-8(4-6-9)11-14-12(16-15-11)10-2-1-7-13-10/h3-6,10,13H,1-2,7H2,(H,14,15,16). The number of benzene rings is 1. The largest absolute Gasteiger partial charge is 0.307 e. The molecule has 1 unspecified atom stereocenters. The van der Waals surface area contributed by atoms with Gasteiger partial charge in [-0.2, -0.15) is 5.10 Å². The van der Waals surface area contributed by atoms with Crippen molar-refractivity contribution in [1.29, 1.82) is 0 Å². The highest BCUT2D eigenvalue weighted by Gasteiger charge is 2.20. The SMILES string of the molecule is O=[N+]([O-])c1ccc(-c2n[nH]c(C3CCCN3)n2)cc1. The summed E-state index contributed by atoms with van der Waals surface area (Å²) in [5.41, 5.74) is 0.836. The number of nitrogens with zero attached hydrogens (tertiary/aromatic N) is 3. The molecule has 7 nitrogen and oxygen atoms in total. The van der Waals surface area contributed by atoms with Gasteiger partial charge in [-0.3, -0.25) is 15.2 Å². The molecular weight excluding hydrogens is 246 g/mol. The molecule has 19 heavy (non-hydrogen) atoms. The molecule has 1 aliphatic rings. The molecule has 1 aromatic heterocycles. The Morgan fingerprint density at radius 2 is 2.11 bits per heavy atom. The topological polar surface area (TPSA) is 96.7 Å². The van der Waals surface area contributed by atoms with Crippen LogP contribution in [0.2, 0.25) is 0 Å². The first-order chi connectivity index (χ1) is 9.24. The minimum Gasteiger partial charge on any atom is -0.307 e. The molecule has 2 heterocycles. The number of non-ortho nitro benzene ring substituents is 1. The van der Waals surface area contributed by atoms with E-state index in [9.17, 15) is 10.1 Å². The van der Waals surface area contributed by atoms with Crippen molar-refractivity contribution in [2.75, 3.05) is 6.54 Å². The van der Waals surface area contributed by atoms with Crippen molar-refractivity contribution in [3.05, 3.63) is 40.2 Å². The molecule has 1 aliphatic heterocycles. The summed E-state index contributed by atoms with van der Waals surface area (Å²) in [5.74, 6) is 1.39. The molecule has 0 amide bonds. The molecule has 0 spiro atoms. The maximum absolute atomic E-state index is 10.6. The van der Waals surface area contributed by atoms with E-state index in [0.29, 0.717) is 5.82 Å². The average molecular weight is 259 g/mol. The van der Waals surface area contributed by atoms with Gasteiger partial charge in [0.05, 0.1) is 11.0 Å². The lowest BCUT2D eigenvalue weighted by Gasteiger charge is -2.03. The number of nitrogens with one attached hydrogen (secondary N) is 2. The quantitative estimate of drug-likeness (QED) is 0.647. The van der Waals surface area contributed by atoms with Crippen LogP contribution in [0.15, 0.2) is 24.3 Å². The van der Waals surface area contributed by atoms with Gasteiger partial charge in [-0.15, -0.1) is 0 Å². The predicted octanol–water partition coefficient (Wildman–Crippen LogP) is 1.80. The molecule has 7 heteroatoms. The Morgan fingerprint density at radius 3 is 2.74 bits per heavy atom. The van der Waals surface area contributed by atoms with Crippen molar-refractivity contribution in [3.63, 3.8) is 0 Å². The minimum absolute atomic E-state index is 0.0666. The maximum Gasteiger partial charge on any atom is 0.269 e. The number of nitro groups is 1. The van der Waals surface area contributed by atoms with Gasteiger partial charge in [-0.25, -0.2) is 4.98 Å². The summed E-state index contributed by atoms with van der Waals surface area (Å²) < 4.78 is 0. The van der Waals surface area contributed by atoms with Gasteiger partial charge in [0.15, 0.2) is 5.82 Å². The van der Waals surface area contributed by atoms with E-state index in [0.717, 1.165) is 30.8 Å². The van der Waals surface area contributed by atoms with Crippen LogP contribution in [0.4, 0.5) is 5.69 Å². The molecule has 1 saturated heterocycles. The van der Waals surface area contributed by atoms with Crippen LogP contribution < -0.4 is 5.32 Å². The second-order valence-corrected chi connectivity index (χ2v) is 4.50. The van der Waals surface area contributed by atoms with Gasteiger partial charge in [0.25, 0.3) is 5.69 Å². The first kappa shape index (κ1) is 11.8. The Bertz CT molecular complexity index is 586. The molecule has 98 valence electrons. The lowest BCUT2D eigenvalue weighted by molar-refractivity contribution is -0.384. The molecule has 1 aromatic carbocycles. The molecule has 0 bridgehead atoms. The van der Waals surface area contributed by atoms with Gasteiger partial charge in [0.2, 0.25) is 0 Å². The molecule has 1 fully saturated rings. The summed E-state index contributed by atoms with van der Waals surface area (Å²) in [6.07, 6.45) is 2.19. The third-order valence-corrected chi connectivity index (χ3v) is 3.23. The number of hydrogen-bond acceptors (Lipinski definition) is 5. The normalized spacial score (nSPS) is 18.6. The summed E-state index contributed by atoms with van der Waals surface area (Å²) in [6.45, 7) is 0.998.